The van der Waals surface area contributed by atoms with E-state index in [0.29, 0.717) is 0 Å². The lowest BCUT2D eigenvalue weighted by molar-refractivity contribution is 0.258. The summed E-state index contributed by atoms with van der Waals surface area (Å²) in [4.78, 5) is 5.35. The van der Waals surface area contributed by atoms with Crippen molar-refractivity contribution in [1.82, 2.24) is 10.6 Å². The molecule has 2 aliphatic rings. The number of fused-ring (bicyclic) bond motifs is 4. The van der Waals surface area contributed by atoms with Crippen molar-refractivity contribution in [3.05, 3.63) is 156 Å². The fourth-order valence-electron chi connectivity index (χ4n) is 6.16. The minimum atomic E-state index is -0.362. The van der Waals surface area contributed by atoms with Gasteiger partial charge in [0.15, 0.2) is 6.23 Å². The minimum Gasteiger partial charge on any atom is -0.464 e. The Kier molecular flexibility index (Phi) is 5.68. The van der Waals surface area contributed by atoms with E-state index in [0.717, 1.165) is 50.3 Å². The van der Waals surface area contributed by atoms with Gasteiger partial charge in [-0.2, -0.15) is 0 Å². The van der Waals surface area contributed by atoms with Gasteiger partial charge >= 0.3 is 0 Å². The number of nitrogens with zero attached hydrogens (tertiary/aromatic N) is 1. The quantitative estimate of drug-likeness (QED) is 0.203. The zero-order valence-corrected chi connectivity index (χ0v) is 22.3. The van der Waals surface area contributed by atoms with Crippen molar-refractivity contribution >= 4 is 33.1 Å². The number of amidine groups is 1. The Bertz CT molecular complexity index is 1890. The van der Waals surface area contributed by atoms with E-state index in [1.807, 2.05) is 30.3 Å². The van der Waals surface area contributed by atoms with Crippen LogP contribution in [0.1, 0.15) is 40.8 Å². The summed E-state index contributed by atoms with van der Waals surface area (Å²) in [6.45, 7) is 0. The lowest BCUT2D eigenvalue weighted by Gasteiger charge is -2.34. The highest BCUT2D eigenvalue weighted by atomic mass is 16.5. The highest BCUT2D eigenvalue weighted by molar-refractivity contribution is 6.11. The van der Waals surface area contributed by atoms with Crippen LogP contribution in [0.15, 0.2) is 138 Å². The Morgan fingerprint density at radius 2 is 1.12 bits per heavy atom. The molecule has 5 heteroatoms. The van der Waals surface area contributed by atoms with Crippen molar-refractivity contribution < 1.29 is 4.74 Å². The third-order valence-electron chi connectivity index (χ3n) is 8.01. The predicted molar refractivity (Wildman–Crippen MR) is 166 cm³/mol. The maximum Gasteiger partial charge on any atom is 0.197 e. The van der Waals surface area contributed by atoms with Crippen LogP contribution < -0.4 is 20.7 Å². The first-order valence-corrected chi connectivity index (χ1v) is 14.0. The van der Waals surface area contributed by atoms with Crippen LogP contribution in [0.4, 0.5) is 5.69 Å². The van der Waals surface area contributed by atoms with E-state index in [1.54, 1.807) is 0 Å². The Morgan fingerprint density at radius 3 is 1.83 bits per heavy atom. The van der Waals surface area contributed by atoms with Gasteiger partial charge in [-0.25, -0.2) is 4.99 Å². The summed E-state index contributed by atoms with van der Waals surface area (Å²) in [7, 11) is 0. The Labute approximate surface area is 238 Å². The number of benzene rings is 6. The van der Waals surface area contributed by atoms with Crippen molar-refractivity contribution in [3.8, 4) is 5.75 Å². The maximum atomic E-state index is 6.60. The Morgan fingerprint density at radius 1 is 0.537 bits per heavy atom. The summed E-state index contributed by atoms with van der Waals surface area (Å²) < 4.78 is 6.60. The number of nitrogens with one attached hydrogen (secondary N) is 3. The largest absolute Gasteiger partial charge is 0.464 e. The Balaban J connectivity index is 1.39. The molecule has 3 atom stereocenters. The summed E-state index contributed by atoms with van der Waals surface area (Å²) in [5.41, 5.74) is 5.40. The number of anilines is 1. The molecule has 0 radical (unpaired) electrons. The van der Waals surface area contributed by atoms with Crippen LogP contribution in [0.5, 0.6) is 5.75 Å². The van der Waals surface area contributed by atoms with E-state index in [1.165, 1.54) is 10.8 Å². The second kappa shape index (κ2) is 9.81. The van der Waals surface area contributed by atoms with Crippen LogP contribution in [0.25, 0.3) is 21.5 Å². The minimum absolute atomic E-state index is 0.137. The molecular weight excluding hydrogens is 504 g/mol. The smallest absolute Gasteiger partial charge is 0.197 e. The van der Waals surface area contributed by atoms with Gasteiger partial charge in [0.05, 0.1) is 5.69 Å². The standard InChI is InChI=1S/C36H28N4O/c1-3-13-23(14-4-1)33-38-34(24-15-5-2-6-16-24)40-35(39-33)31-27-19-9-7-17-25(27)26-18-8-10-20-28(26)32(31)36-37-29-21-11-12-22-30(29)41-36/h1-22,33,35-37,39H,(H,38,40). The Hall–Kier alpha value is -5.13. The van der Waals surface area contributed by atoms with E-state index in [2.05, 4.69) is 119 Å². The molecule has 8 rings (SSSR count). The van der Waals surface area contributed by atoms with Crippen LogP contribution in [-0.2, 0) is 0 Å². The van der Waals surface area contributed by atoms with Gasteiger partial charge < -0.3 is 15.4 Å². The van der Waals surface area contributed by atoms with E-state index >= 15 is 0 Å². The molecule has 0 aromatic heterocycles. The molecule has 0 fully saturated rings. The highest BCUT2D eigenvalue weighted by Crippen LogP contribution is 2.46. The summed E-state index contributed by atoms with van der Waals surface area (Å²) >= 11 is 0. The van der Waals surface area contributed by atoms with Crippen molar-refractivity contribution in [2.45, 2.75) is 18.6 Å². The fraction of sp³-hybridized carbons (Fsp3) is 0.0833. The molecule has 6 aromatic carbocycles. The molecule has 0 spiro atoms. The van der Waals surface area contributed by atoms with Crippen LogP contribution in [0, 0.1) is 0 Å². The topological polar surface area (TPSA) is 57.7 Å². The van der Waals surface area contributed by atoms with Gasteiger partial charge in [-0.15, -0.1) is 0 Å². The van der Waals surface area contributed by atoms with Crippen molar-refractivity contribution in [2.75, 3.05) is 5.32 Å². The summed E-state index contributed by atoms with van der Waals surface area (Å²) in [6.07, 6.45) is -0.837. The van der Waals surface area contributed by atoms with Gasteiger partial charge in [-0.1, -0.05) is 121 Å². The molecule has 5 nitrogen and oxygen atoms in total. The third-order valence-corrected chi connectivity index (χ3v) is 8.01. The normalized spacial score (nSPS) is 19.6. The number of ether oxygens (including phenoxy) is 1. The van der Waals surface area contributed by atoms with Gasteiger partial charge in [0, 0.05) is 16.7 Å². The summed E-state index contributed by atoms with van der Waals surface area (Å²) in [6, 6.07) is 46.2. The second-order valence-corrected chi connectivity index (χ2v) is 10.5. The molecule has 0 amide bonds. The molecule has 2 heterocycles. The van der Waals surface area contributed by atoms with Gasteiger partial charge in [0.1, 0.15) is 23.9 Å². The lowest BCUT2D eigenvalue weighted by Crippen LogP contribution is -2.45. The van der Waals surface area contributed by atoms with Crippen LogP contribution in [0.3, 0.4) is 0 Å². The summed E-state index contributed by atoms with van der Waals surface area (Å²) in [5, 5.41) is 15.9. The van der Waals surface area contributed by atoms with Crippen LogP contribution in [-0.4, -0.2) is 5.84 Å². The van der Waals surface area contributed by atoms with E-state index < -0.39 is 0 Å². The van der Waals surface area contributed by atoms with Crippen molar-refractivity contribution in [3.63, 3.8) is 0 Å². The number of para-hydroxylation sites is 2. The van der Waals surface area contributed by atoms with Crippen molar-refractivity contribution in [1.29, 1.82) is 0 Å². The molecule has 0 bridgehead atoms. The van der Waals surface area contributed by atoms with Crippen LogP contribution >= 0.6 is 0 Å². The number of hydrogen-bond donors (Lipinski definition) is 3. The number of hydrogen-bond acceptors (Lipinski definition) is 5. The van der Waals surface area contributed by atoms with Crippen LogP contribution in [0.2, 0.25) is 0 Å². The SMILES string of the molecule is c1ccc(C2=NC(c3c(C4Nc5ccccc5O4)c4ccccc4c4ccccc34)NC(c3ccccc3)N2)cc1. The van der Waals surface area contributed by atoms with Gasteiger partial charge in [0.2, 0.25) is 0 Å². The zero-order valence-electron chi connectivity index (χ0n) is 22.3. The molecule has 198 valence electrons. The number of aliphatic imine (C=N–C) groups is 1. The third kappa shape index (κ3) is 4.10. The monoisotopic (exact) mass is 532 g/mol. The molecule has 2 aliphatic heterocycles. The number of rotatable bonds is 4. The van der Waals surface area contributed by atoms with Crippen molar-refractivity contribution in [2.24, 2.45) is 4.99 Å². The van der Waals surface area contributed by atoms with E-state index in [-0.39, 0.29) is 18.6 Å². The second-order valence-electron chi connectivity index (χ2n) is 10.5. The molecular formula is C36H28N4O. The van der Waals surface area contributed by atoms with E-state index in [4.69, 9.17) is 9.73 Å². The molecule has 6 aromatic rings. The predicted octanol–water partition coefficient (Wildman–Crippen LogP) is 7.83. The van der Waals surface area contributed by atoms with E-state index in [9.17, 15) is 0 Å². The fourth-order valence-corrected chi connectivity index (χ4v) is 6.16. The first-order chi connectivity index (χ1) is 20.3. The average Bonchev–Trinajstić information content (AvgIpc) is 3.49. The molecule has 41 heavy (non-hydrogen) atoms. The molecule has 3 N–H and O–H groups in total. The zero-order chi connectivity index (χ0) is 27.2. The molecule has 0 aliphatic carbocycles. The summed E-state index contributed by atoms with van der Waals surface area (Å²) in [5.74, 6) is 1.71. The van der Waals surface area contributed by atoms with Gasteiger partial charge in [-0.3, -0.25) is 5.32 Å². The first kappa shape index (κ1) is 23.7. The molecule has 0 saturated carbocycles. The molecule has 3 unspecified atom stereocenters. The molecule has 0 saturated heterocycles. The maximum absolute atomic E-state index is 6.60. The average molecular weight is 533 g/mol. The highest BCUT2D eigenvalue weighted by Gasteiger charge is 2.34. The van der Waals surface area contributed by atoms with Gasteiger partial charge in [-0.05, 0) is 39.2 Å². The van der Waals surface area contributed by atoms with Gasteiger partial charge in [0.25, 0.3) is 0 Å². The lowest BCUT2D eigenvalue weighted by atomic mass is 9.88. The first-order valence-electron chi connectivity index (χ1n) is 14.0.